The van der Waals surface area contributed by atoms with Crippen molar-refractivity contribution in [2.45, 2.75) is 98.9 Å². The molecule has 214 valence electrons. The van der Waals surface area contributed by atoms with E-state index in [1.807, 2.05) is 84.9 Å². The molecule has 0 radical (unpaired) electrons. The van der Waals surface area contributed by atoms with Gasteiger partial charge in [-0.05, 0) is 84.9 Å². The molecule has 2 unspecified atom stereocenters. The van der Waals surface area contributed by atoms with Crippen molar-refractivity contribution in [3.05, 3.63) is 64.2 Å². The summed E-state index contributed by atoms with van der Waals surface area (Å²) < 4.78 is 5.46. The van der Waals surface area contributed by atoms with Crippen LogP contribution in [0.2, 0.25) is 5.02 Å². The number of hydrogen-bond acceptors (Lipinski definition) is 4. The molecule has 8 heteroatoms. The second-order valence-corrected chi connectivity index (χ2v) is 12.9. The number of halogens is 1. The largest absolute Gasteiger partial charge is 0.444 e. The summed E-state index contributed by atoms with van der Waals surface area (Å²) in [6.45, 7) is 18.7. The van der Waals surface area contributed by atoms with Crippen molar-refractivity contribution in [1.82, 2.24) is 10.2 Å². The van der Waals surface area contributed by atoms with Crippen LogP contribution >= 0.6 is 11.6 Å². The summed E-state index contributed by atoms with van der Waals surface area (Å²) in [5, 5.41) is 6.16. The second kappa shape index (κ2) is 12.9. The van der Waals surface area contributed by atoms with E-state index in [4.69, 9.17) is 16.3 Å². The summed E-state index contributed by atoms with van der Waals surface area (Å²) in [7, 11) is 0. The van der Waals surface area contributed by atoms with E-state index in [9.17, 15) is 14.4 Å². The Kier molecular flexibility index (Phi) is 10.6. The number of anilines is 1. The molecule has 2 atom stereocenters. The lowest BCUT2D eigenvalue weighted by Gasteiger charge is -2.43. The second-order valence-electron chi connectivity index (χ2n) is 12.4. The third-order valence-corrected chi connectivity index (χ3v) is 6.31. The number of carbonyl (C=O) groups excluding carboxylic acids is 3. The quantitative estimate of drug-likeness (QED) is 0.359. The molecule has 0 heterocycles. The summed E-state index contributed by atoms with van der Waals surface area (Å²) in [4.78, 5) is 42.8. The van der Waals surface area contributed by atoms with Crippen molar-refractivity contribution >= 4 is 35.2 Å². The fourth-order valence-electron chi connectivity index (χ4n) is 4.40. The maximum atomic E-state index is 14.4. The van der Waals surface area contributed by atoms with Gasteiger partial charge in [0.25, 0.3) is 5.91 Å². The SMILES string of the molecule is Cc1cccc(C(C(=O)Nc2c(C)cccc2Cl)N(C(=O)C(CC(C)C)NC(=O)OC(C)(C)C)C(C)(C)C)c1. The van der Waals surface area contributed by atoms with Gasteiger partial charge < -0.3 is 20.3 Å². The number of amides is 3. The number of aryl methyl sites for hydroxylation is 2. The van der Waals surface area contributed by atoms with E-state index in [1.54, 1.807) is 31.7 Å². The van der Waals surface area contributed by atoms with Crippen LogP contribution in [0.3, 0.4) is 0 Å². The van der Waals surface area contributed by atoms with E-state index in [0.29, 0.717) is 22.7 Å². The van der Waals surface area contributed by atoms with Crippen LogP contribution < -0.4 is 10.6 Å². The lowest BCUT2D eigenvalue weighted by molar-refractivity contribution is -0.147. The molecule has 0 spiro atoms. The number of para-hydroxylation sites is 1. The first-order valence-corrected chi connectivity index (χ1v) is 13.7. The molecule has 0 aliphatic heterocycles. The minimum Gasteiger partial charge on any atom is -0.444 e. The zero-order valence-corrected chi connectivity index (χ0v) is 25.7. The lowest BCUT2D eigenvalue weighted by Crippen LogP contribution is -2.58. The van der Waals surface area contributed by atoms with E-state index in [0.717, 1.165) is 11.1 Å². The predicted octanol–water partition coefficient (Wildman–Crippen LogP) is 7.20. The summed E-state index contributed by atoms with van der Waals surface area (Å²) in [6, 6.07) is 11.0. The van der Waals surface area contributed by atoms with Crippen LogP contribution in [-0.4, -0.2) is 40.0 Å². The number of ether oxygens (including phenoxy) is 1. The number of rotatable bonds is 8. The molecular formula is C31H44ClN3O4. The number of benzene rings is 2. The van der Waals surface area contributed by atoms with Crippen molar-refractivity contribution in [3.8, 4) is 0 Å². The zero-order valence-electron chi connectivity index (χ0n) is 24.9. The van der Waals surface area contributed by atoms with Crippen LogP contribution in [0.25, 0.3) is 0 Å². The topological polar surface area (TPSA) is 87.7 Å². The van der Waals surface area contributed by atoms with Crippen molar-refractivity contribution in [1.29, 1.82) is 0 Å². The molecule has 0 aliphatic rings. The van der Waals surface area contributed by atoms with Crippen molar-refractivity contribution in [2.24, 2.45) is 5.92 Å². The Morgan fingerprint density at radius 2 is 1.59 bits per heavy atom. The fourth-order valence-corrected chi connectivity index (χ4v) is 4.66. The standard InChI is InChI=1S/C31H44ClN3O4/c1-19(2)17-24(33-29(38)39-31(8,9)10)28(37)35(30(5,6)7)26(22-15-11-13-20(3)18-22)27(36)34-25-21(4)14-12-16-23(25)32/h11-16,18-19,24,26H,17H2,1-10H3,(H,33,38)(H,34,36). The molecule has 7 nitrogen and oxygen atoms in total. The third-order valence-electron chi connectivity index (χ3n) is 5.99. The van der Waals surface area contributed by atoms with Gasteiger partial charge in [-0.15, -0.1) is 0 Å². The van der Waals surface area contributed by atoms with E-state index in [-0.39, 0.29) is 11.8 Å². The number of nitrogens with zero attached hydrogens (tertiary/aromatic N) is 1. The zero-order chi connectivity index (χ0) is 29.7. The van der Waals surface area contributed by atoms with Gasteiger partial charge >= 0.3 is 6.09 Å². The third kappa shape index (κ3) is 9.27. The van der Waals surface area contributed by atoms with Crippen LogP contribution in [0.5, 0.6) is 0 Å². The average Bonchev–Trinajstić information content (AvgIpc) is 2.76. The first-order chi connectivity index (χ1) is 17.9. The predicted molar refractivity (Wildman–Crippen MR) is 158 cm³/mol. The molecule has 2 N–H and O–H groups in total. The summed E-state index contributed by atoms with van der Waals surface area (Å²) >= 11 is 6.44. The van der Waals surface area contributed by atoms with E-state index in [2.05, 4.69) is 10.6 Å². The van der Waals surface area contributed by atoms with Gasteiger partial charge in [-0.1, -0.05) is 67.4 Å². The van der Waals surface area contributed by atoms with E-state index >= 15 is 0 Å². The van der Waals surface area contributed by atoms with Gasteiger partial charge in [0.15, 0.2) is 0 Å². The summed E-state index contributed by atoms with van der Waals surface area (Å²) in [5.74, 6) is -0.687. The molecule has 2 aromatic carbocycles. The monoisotopic (exact) mass is 557 g/mol. The highest BCUT2D eigenvalue weighted by atomic mass is 35.5. The van der Waals surface area contributed by atoms with Gasteiger partial charge in [-0.2, -0.15) is 0 Å². The Labute approximate surface area is 238 Å². The Morgan fingerprint density at radius 3 is 2.10 bits per heavy atom. The van der Waals surface area contributed by atoms with Crippen LogP contribution in [0, 0.1) is 19.8 Å². The number of alkyl carbamates (subject to hydrolysis) is 1. The van der Waals surface area contributed by atoms with Gasteiger partial charge in [0, 0.05) is 5.54 Å². The number of carbonyl (C=O) groups is 3. The number of nitrogens with one attached hydrogen (secondary N) is 2. The molecule has 0 fully saturated rings. The van der Waals surface area contributed by atoms with Gasteiger partial charge in [-0.25, -0.2) is 4.79 Å². The molecule has 0 aliphatic carbocycles. The van der Waals surface area contributed by atoms with Crippen LogP contribution in [0.15, 0.2) is 42.5 Å². The van der Waals surface area contributed by atoms with E-state index < -0.39 is 35.2 Å². The van der Waals surface area contributed by atoms with Gasteiger partial charge in [-0.3, -0.25) is 9.59 Å². The van der Waals surface area contributed by atoms with Gasteiger partial charge in [0.2, 0.25) is 5.91 Å². The van der Waals surface area contributed by atoms with Crippen molar-refractivity contribution in [3.63, 3.8) is 0 Å². The molecule has 2 aromatic rings. The summed E-state index contributed by atoms with van der Waals surface area (Å²) in [6.07, 6.45) is -0.310. The Morgan fingerprint density at radius 1 is 0.974 bits per heavy atom. The maximum absolute atomic E-state index is 14.4. The number of hydrogen-bond donors (Lipinski definition) is 2. The normalized spacial score (nSPS) is 13.4. The average molecular weight is 558 g/mol. The van der Waals surface area contributed by atoms with Crippen molar-refractivity contribution < 1.29 is 19.1 Å². The molecule has 3 amide bonds. The molecule has 0 aromatic heterocycles. The fraction of sp³-hybridized carbons (Fsp3) is 0.516. The highest BCUT2D eigenvalue weighted by Crippen LogP contribution is 2.34. The highest BCUT2D eigenvalue weighted by Gasteiger charge is 2.42. The summed E-state index contributed by atoms with van der Waals surface area (Å²) in [5.41, 5.74) is 1.39. The molecular weight excluding hydrogens is 514 g/mol. The Hall–Kier alpha value is -3.06. The minimum absolute atomic E-state index is 0.0905. The molecule has 0 bridgehead atoms. The maximum Gasteiger partial charge on any atom is 0.408 e. The van der Waals surface area contributed by atoms with Crippen LogP contribution in [0.4, 0.5) is 10.5 Å². The van der Waals surface area contributed by atoms with Crippen LogP contribution in [0.1, 0.15) is 84.5 Å². The highest BCUT2D eigenvalue weighted by molar-refractivity contribution is 6.34. The minimum atomic E-state index is -0.997. The first kappa shape index (κ1) is 32.2. The molecule has 0 saturated carbocycles. The lowest BCUT2D eigenvalue weighted by atomic mass is 9.93. The van der Waals surface area contributed by atoms with Gasteiger partial charge in [0.1, 0.15) is 17.7 Å². The van der Waals surface area contributed by atoms with Gasteiger partial charge in [0.05, 0.1) is 10.7 Å². The smallest absolute Gasteiger partial charge is 0.408 e. The molecule has 39 heavy (non-hydrogen) atoms. The Balaban J connectivity index is 2.63. The Bertz CT molecular complexity index is 1160. The first-order valence-electron chi connectivity index (χ1n) is 13.4. The van der Waals surface area contributed by atoms with E-state index in [1.165, 1.54) is 0 Å². The van der Waals surface area contributed by atoms with Crippen molar-refractivity contribution in [2.75, 3.05) is 5.32 Å². The van der Waals surface area contributed by atoms with Crippen LogP contribution in [-0.2, 0) is 14.3 Å². The molecule has 2 rings (SSSR count). The molecule has 0 saturated heterocycles.